The average molecular weight is 412 g/mol. The van der Waals surface area contributed by atoms with E-state index < -0.39 is 0 Å². The highest BCUT2D eigenvalue weighted by Gasteiger charge is 2.40. The van der Waals surface area contributed by atoms with Crippen LogP contribution in [0.2, 0.25) is 0 Å². The minimum Gasteiger partial charge on any atom is -0.454 e. The first-order valence-electron chi connectivity index (χ1n) is 10.3. The van der Waals surface area contributed by atoms with Crippen molar-refractivity contribution >= 4 is 11.8 Å². The fourth-order valence-corrected chi connectivity index (χ4v) is 4.01. The van der Waals surface area contributed by atoms with Gasteiger partial charge in [0.25, 0.3) is 5.91 Å². The van der Waals surface area contributed by atoms with Crippen LogP contribution in [0.5, 0.6) is 11.5 Å². The van der Waals surface area contributed by atoms with E-state index in [1.165, 1.54) is 12.1 Å². The Labute approximate surface area is 175 Å². The van der Waals surface area contributed by atoms with Gasteiger partial charge in [-0.05, 0) is 42.3 Å². The maximum atomic E-state index is 13.4. The molecule has 0 saturated carbocycles. The maximum Gasteiger partial charge on any atom is 0.254 e. The molecule has 4 rings (SSSR count). The van der Waals surface area contributed by atoms with Gasteiger partial charge in [-0.1, -0.05) is 25.5 Å². The van der Waals surface area contributed by atoms with E-state index in [1.54, 1.807) is 35.2 Å². The third-order valence-electron chi connectivity index (χ3n) is 5.69. The number of rotatable bonds is 6. The lowest BCUT2D eigenvalue weighted by molar-refractivity contribution is -0.124. The molecule has 1 saturated heterocycles. The second-order valence-electron chi connectivity index (χ2n) is 7.69. The summed E-state index contributed by atoms with van der Waals surface area (Å²) in [5.41, 5.74) is 1.34. The zero-order chi connectivity index (χ0) is 21.1. The number of likely N-dealkylation sites (tertiary alicyclic amines) is 1. The molecule has 2 atom stereocenters. The lowest BCUT2D eigenvalue weighted by Crippen LogP contribution is -2.36. The molecule has 6 nitrogen and oxygen atoms in total. The molecule has 2 heterocycles. The van der Waals surface area contributed by atoms with Crippen LogP contribution in [0.3, 0.4) is 0 Å². The van der Waals surface area contributed by atoms with Crippen molar-refractivity contribution < 1.29 is 23.5 Å². The van der Waals surface area contributed by atoms with Crippen LogP contribution in [-0.2, 0) is 4.79 Å². The lowest BCUT2D eigenvalue weighted by atomic mass is 9.88. The van der Waals surface area contributed by atoms with E-state index in [-0.39, 0.29) is 36.3 Å². The minimum absolute atomic E-state index is 0.0706. The Bertz CT molecular complexity index is 931. The largest absolute Gasteiger partial charge is 0.454 e. The predicted molar refractivity (Wildman–Crippen MR) is 109 cm³/mol. The van der Waals surface area contributed by atoms with Gasteiger partial charge in [0.1, 0.15) is 5.82 Å². The van der Waals surface area contributed by atoms with E-state index in [1.807, 2.05) is 0 Å². The number of ether oxygens (including phenoxy) is 2. The molecular formula is C23H25FN2O4. The Morgan fingerprint density at radius 1 is 1.10 bits per heavy atom. The molecule has 2 aliphatic rings. The van der Waals surface area contributed by atoms with Crippen molar-refractivity contribution in [2.75, 3.05) is 26.4 Å². The summed E-state index contributed by atoms with van der Waals surface area (Å²) >= 11 is 0. The Kier molecular flexibility index (Phi) is 5.88. The first-order chi connectivity index (χ1) is 14.6. The third-order valence-corrected chi connectivity index (χ3v) is 5.69. The van der Waals surface area contributed by atoms with Gasteiger partial charge in [-0.15, -0.1) is 0 Å². The number of hydrogen-bond donors (Lipinski definition) is 1. The number of fused-ring (bicyclic) bond motifs is 1. The first kappa shape index (κ1) is 20.2. The monoisotopic (exact) mass is 412 g/mol. The van der Waals surface area contributed by atoms with Crippen LogP contribution in [0.25, 0.3) is 0 Å². The zero-order valence-corrected chi connectivity index (χ0v) is 16.9. The summed E-state index contributed by atoms with van der Waals surface area (Å²) in [6.45, 7) is 3.52. The van der Waals surface area contributed by atoms with Gasteiger partial charge in [0, 0.05) is 31.1 Å². The van der Waals surface area contributed by atoms with Crippen molar-refractivity contribution in [1.29, 1.82) is 0 Å². The molecule has 2 amide bonds. The molecule has 1 N–H and O–H groups in total. The second-order valence-corrected chi connectivity index (χ2v) is 7.69. The van der Waals surface area contributed by atoms with E-state index in [2.05, 4.69) is 12.2 Å². The number of hydrogen-bond acceptors (Lipinski definition) is 4. The fourth-order valence-electron chi connectivity index (χ4n) is 4.01. The van der Waals surface area contributed by atoms with Crippen LogP contribution in [0.4, 0.5) is 4.39 Å². The first-order valence-corrected chi connectivity index (χ1v) is 10.3. The van der Waals surface area contributed by atoms with Crippen molar-refractivity contribution in [3.63, 3.8) is 0 Å². The molecule has 0 spiro atoms. The average Bonchev–Trinajstić information content (AvgIpc) is 3.40. The standard InChI is InChI=1S/C23H25FN2O4/c1-2-3-10-25-22(27)19-13-26(12-18(19)15-4-7-17(24)8-5-15)23(28)16-6-9-20-21(11-16)30-14-29-20/h4-9,11,18-19H,2-3,10,12-14H2,1H3,(H,25,27)/t18-,19+/m1/s1. The number of carbonyl (C=O) groups is 2. The third kappa shape index (κ3) is 4.10. The van der Waals surface area contributed by atoms with E-state index in [9.17, 15) is 14.0 Å². The van der Waals surface area contributed by atoms with Gasteiger partial charge in [0.2, 0.25) is 12.7 Å². The summed E-state index contributed by atoms with van der Waals surface area (Å²) < 4.78 is 24.1. The van der Waals surface area contributed by atoms with Gasteiger partial charge in [-0.3, -0.25) is 9.59 Å². The molecule has 0 aliphatic carbocycles. The molecule has 0 unspecified atom stereocenters. The van der Waals surface area contributed by atoms with Crippen molar-refractivity contribution in [3.8, 4) is 11.5 Å². The van der Waals surface area contributed by atoms with Crippen LogP contribution in [0, 0.1) is 11.7 Å². The van der Waals surface area contributed by atoms with Crippen LogP contribution >= 0.6 is 0 Å². The molecule has 0 bridgehead atoms. The molecule has 0 radical (unpaired) electrons. The highest BCUT2D eigenvalue weighted by Crippen LogP contribution is 2.36. The Hall–Kier alpha value is -3.09. The van der Waals surface area contributed by atoms with Crippen molar-refractivity contribution in [3.05, 3.63) is 59.4 Å². The molecule has 2 aromatic carbocycles. The smallest absolute Gasteiger partial charge is 0.254 e. The summed E-state index contributed by atoms with van der Waals surface area (Å²) in [6, 6.07) is 11.3. The molecule has 7 heteroatoms. The van der Waals surface area contributed by atoms with Crippen LogP contribution < -0.4 is 14.8 Å². The molecule has 2 aliphatic heterocycles. The summed E-state index contributed by atoms with van der Waals surface area (Å²) in [5.74, 6) is 0.0295. The topological polar surface area (TPSA) is 67.9 Å². The Balaban J connectivity index is 1.55. The number of nitrogens with zero attached hydrogens (tertiary/aromatic N) is 1. The van der Waals surface area contributed by atoms with Crippen LogP contribution in [-0.4, -0.2) is 43.1 Å². The molecule has 2 aromatic rings. The number of halogens is 1. The number of nitrogens with one attached hydrogen (secondary N) is 1. The van der Waals surface area contributed by atoms with Gasteiger partial charge in [-0.25, -0.2) is 4.39 Å². The van der Waals surface area contributed by atoms with Crippen molar-refractivity contribution in [1.82, 2.24) is 10.2 Å². The SMILES string of the molecule is CCCCNC(=O)[C@H]1CN(C(=O)c2ccc3c(c2)OCO3)C[C@@H]1c1ccc(F)cc1. The fraction of sp³-hybridized carbons (Fsp3) is 0.391. The van der Waals surface area contributed by atoms with Gasteiger partial charge in [0.15, 0.2) is 11.5 Å². The number of benzene rings is 2. The molecule has 1 fully saturated rings. The highest BCUT2D eigenvalue weighted by molar-refractivity contribution is 5.96. The molecule has 30 heavy (non-hydrogen) atoms. The number of amides is 2. The number of unbranched alkanes of at least 4 members (excludes halogenated alkanes) is 1. The second kappa shape index (κ2) is 8.73. The lowest BCUT2D eigenvalue weighted by Gasteiger charge is -2.18. The van der Waals surface area contributed by atoms with E-state index in [4.69, 9.17) is 9.47 Å². The molecular weight excluding hydrogens is 387 g/mol. The van der Waals surface area contributed by atoms with Gasteiger partial charge >= 0.3 is 0 Å². The molecule has 0 aromatic heterocycles. The molecule has 158 valence electrons. The highest BCUT2D eigenvalue weighted by atomic mass is 19.1. The summed E-state index contributed by atoms with van der Waals surface area (Å²) in [7, 11) is 0. The Morgan fingerprint density at radius 3 is 2.63 bits per heavy atom. The van der Waals surface area contributed by atoms with E-state index in [0.29, 0.717) is 36.7 Å². The van der Waals surface area contributed by atoms with Crippen LogP contribution in [0.15, 0.2) is 42.5 Å². The van der Waals surface area contributed by atoms with Gasteiger partial charge < -0.3 is 19.7 Å². The quantitative estimate of drug-likeness (QED) is 0.739. The summed E-state index contributed by atoms with van der Waals surface area (Å²) in [6.07, 6.45) is 1.89. The predicted octanol–water partition coefficient (Wildman–Crippen LogP) is 3.33. The minimum atomic E-state index is -0.384. The normalized spacial score (nSPS) is 19.7. The van der Waals surface area contributed by atoms with Gasteiger partial charge in [-0.2, -0.15) is 0 Å². The van der Waals surface area contributed by atoms with Gasteiger partial charge in [0.05, 0.1) is 5.92 Å². The maximum absolute atomic E-state index is 13.4. The van der Waals surface area contributed by atoms with Crippen molar-refractivity contribution in [2.24, 2.45) is 5.92 Å². The zero-order valence-electron chi connectivity index (χ0n) is 16.9. The summed E-state index contributed by atoms with van der Waals surface area (Å²) in [5, 5.41) is 2.98. The Morgan fingerprint density at radius 2 is 1.87 bits per heavy atom. The summed E-state index contributed by atoms with van der Waals surface area (Å²) in [4.78, 5) is 27.7. The number of carbonyl (C=O) groups excluding carboxylic acids is 2. The van der Waals surface area contributed by atoms with E-state index in [0.717, 1.165) is 18.4 Å². The van der Waals surface area contributed by atoms with Crippen LogP contribution in [0.1, 0.15) is 41.6 Å². The van der Waals surface area contributed by atoms with Crippen molar-refractivity contribution in [2.45, 2.75) is 25.7 Å². The van der Waals surface area contributed by atoms with E-state index >= 15 is 0 Å².